The minimum Gasteiger partial charge on any atom is -0.375 e. The zero-order valence-corrected chi connectivity index (χ0v) is 10.4. The van der Waals surface area contributed by atoms with Gasteiger partial charge >= 0.3 is 6.04 Å². The number of rotatable bonds is 2. The molecule has 1 aliphatic carbocycles. The van der Waals surface area contributed by atoms with Crippen LogP contribution in [-0.4, -0.2) is 27.6 Å². The molecule has 1 aliphatic rings. The molecule has 1 atom stereocenters. The van der Waals surface area contributed by atoms with Crippen molar-refractivity contribution in [2.75, 3.05) is 0 Å². The van der Waals surface area contributed by atoms with E-state index in [1.54, 1.807) is 0 Å². The number of nitrogens with two attached hydrogens (primary N) is 1. The van der Waals surface area contributed by atoms with Gasteiger partial charge in [-0.2, -0.15) is 5.10 Å². The van der Waals surface area contributed by atoms with Crippen molar-refractivity contribution in [3.05, 3.63) is 10.1 Å². The van der Waals surface area contributed by atoms with E-state index in [0.29, 0.717) is 6.42 Å². The van der Waals surface area contributed by atoms with Crippen LogP contribution in [0.3, 0.4) is 0 Å². The van der Waals surface area contributed by atoms with Gasteiger partial charge in [-0.05, 0) is 17.6 Å². The number of carbonyl (C=O) groups is 1. The van der Waals surface area contributed by atoms with Crippen molar-refractivity contribution in [1.29, 1.82) is 0 Å². The molecule has 1 unspecified atom stereocenters. The van der Waals surface area contributed by atoms with Gasteiger partial charge < -0.3 is 5.73 Å². The van der Waals surface area contributed by atoms with Gasteiger partial charge in [0.2, 0.25) is 5.78 Å². The van der Waals surface area contributed by atoms with Crippen LogP contribution in [0.25, 0.3) is 0 Å². The molecular formula is C9H14N4O3S. The highest BCUT2D eigenvalue weighted by Gasteiger charge is 2.45. The summed E-state index contributed by atoms with van der Waals surface area (Å²) in [4.78, 5) is 21.9. The number of nitrogens with one attached hydrogen (secondary N) is 1. The number of hydrogen-bond donors (Lipinski definition) is 2. The second-order valence-corrected chi connectivity index (χ2v) is 5.19. The van der Waals surface area contributed by atoms with E-state index in [-0.39, 0.29) is 22.7 Å². The quantitative estimate of drug-likeness (QED) is 0.416. The zero-order chi connectivity index (χ0) is 13.2. The van der Waals surface area contributed by atoms with Gasteiger partial charge in [0.15, 0.2) is 5.11 Å². The smallest absolute Gasteiger partial charge is 0.309 e. The fourth-order valence-corrected chi connectivity index (χ4v) is 1.92. The first-order chi connectivity index (χ1) is 7.73. The fourth-order valence-electron chi connectivity index (χ4n) is 1.87. The average Bonchev–Trinajstić information content (AvgIpc) is 2.10. The van der Waals surface area contributed by atoms with E-state index in [1.165, 1.54) is 0 Å². The number of thiocarbonyl (C=S) groups is 1. The molecule has 1 fully saturated rings. The Kier molecular flexibility index (Phi) is 3.76. The van der Waals surface area contributed by atoms with Crippen LogP contribution in [0.1, 0.15) is 26.7 Å². The minimum atomic E-state index is -1.38. The molecule has 8 heteroatoms. The summed E-state index contributed by atoms with van der Waals surface area (Å²) in [5, 5.41) is 14.5. The molecule has 0 aromatic carbocycles. The van der Waals surface area contributed by atoms with Crippen LogP contribution < -0.4 is 11.2 Å². The van der Waals surface area contributed by atoms with Gasteiger partial charge in [0, 0.05) is 17.8 Å². The largest absolute Gasteiger partial charge is 0.375 e. The molecular weight excluding hydrogens is 244 g/mol. The lowest BCUT2D eigenvalue weighted by Crippen LogP contribution is -2.47. The number of Topliss-reactive ketones (excluding diaryl/α,β-unsaturated/α-hetero) is 1. The molecule has 3 N–H and O–H groups in total. The van der Waals surface area contributed by atoms with Gasteiger partial charge in [-0.15, -0.1) is 0 Å². The summed E-state index contributed by atoms with van der Waals surface area (Å²) in [6.07, 6.45) is 0.532. The summed E-state index contributed by atoms with van der Waals surface area (Å²) in [7, 11) is 0. The van der Waals surface area contributed by atoms with Gasteiger partial charge in [-0.1, -0.05) is 13.8 Å². The van der Waals surface area contributed by atoms with E-state index in [9.17, 15) is 14.9 Å². The molecule has 1 rings (SSSR count). The summed E-state index contributed by atoms with van der Waals surface area (Å²) in [5.74, 6) is -0.435. The lowest BCUT2D eigenvalue weighted by molar-refractivity contribution is -0.490. The Morgan fingerprint density at radius 2 is 2.24 bits per heavy atom. The van der Waals surface area contributed by atoms with E-state index in [1.807, 2.05) is 13.8 Å². The molecule has 94 valence electrons. The van der Waals surface area contributed by atoms with Crippen molar-refractivity contribution in [3.8, 4) is 0 Å². The Balaban J connectivity index is 3.01. The van der Waals surface area contributed by atoms with Crippen LogP contribution in [-0.2, 0) is 4.79 Å². The highest BCUT2D eigenvalue weighted by Crippen LogP contribution is 2.32. The van der Waals surface area contributed by atoms with E-state index >= 15 is 0 Å². The van der Waals surface area contributed by atoms with Crippen molar-refractivity contribution in [3.63, 3.8) is 0 Å². The first kappa shape index (κ1) is 13.5. The van der Waals surface area contributed by atoms with Crippen LogP contribution in [0.5, 0.6) is 0 Å². The normalized spacial score (nSPS) is 25.6. The number of nitro groups is 1. The van der Waals surface area contributed by atoms with Crippen LogP contribution in [0, 0.1) is 15.5 Å². The summed E-state index contributed by atoms with van der Waals surface area (Å²) in [5.41, 5.74) is 7.33. The molecule has 0 radical (unpaired) electrons. The highest BCUT2D eigenvalue weighted by molar-refractivity contribution is 7.80. The molecule has 0 aromatic rings. The second-order valence-electron chi connectivity index (χ2n) is 4.75. The van der Waals surface area contributed by atoms with Crippen molar-refractivity contribution in [1.82, 2.24) is 5.43 Å². The number of nitrogens with zero attached hydrogens (tertiary/aromatic N) is 2. The monoisotopic (exact) mass is 258 g/mol. The van der Waals surface area contributed by atoms with Crippen molar-refractivity contribution in [2.45, 2.75) is 32.7 Å². The van der Waals surface area contributed by atoms with Crippen molar-refractivity contribution in [2.24, 2.45) is 16.3 Å². The summed E-state index contributed by atoms with van der Waals surface area (Å²) in [6.45, 7) is 3.72. The molecule has 0 saturated heterocycles. The number of ketones is 1. The number of hydrazone groups is 1. The van der Waals surface area contributed by atoms with Crippen LogP contribution in [0.15, 0.2) is 5.10 Å². The molecule has 0 heterocycles. The molecule has 0 aliphatic heterocycles. The van der Waals surface area contributed by atoms with E-state index in [0.717, 1.165) is 0 Å². The van der Waals surface area contributed by atoms with E-state index < -0.39 is 16.7 Å². The average molecular weight is 258 g/mol. The van der Waals surface area contributed by atoms with Gasteiger partial charge in [0.05, 0.1) is 0 Å². The summed E-state index contributed by atoms with van der Waals surface area (Å²) in [6, 6.07) is -1.38. The van der Waals surface area contributed by atoms with Crippen molar-refractivity contribution < 1.29 is 9.72 Å². The Morgan fingerprint density at radius 3 is 2.71 bits per heavy atom. The fraction of sp³-hybridized carbons (Fsp3) is 0.667. The second kappa shape index (κ2) is 4.74. The number of carbonyl (C=O) groups excluding carboxylic acids is 1. The predicted octanol–water partition coefficient (Wildman–Crippen LogP) is 0.210. The van der Waals surface area contributed by atoms with Gasteiger partial charge in [-0.3, -0.25) is 20.3 Å². The Bertz CT molecular complexity index is 405. The Morgan fingerprint density at radius 1 is 1.65 bits per heavy atom. The van der Waals surface area contributed by atoms with Gasteiger partial charge in [0.25, 0.3) is 0 Å². The van der Waals surface area contributed by atoms with E-state index in [4.69, 9.17) is 5.73 Å². The Labute approximate surface area is 104 Å². The molecule has 7 nitrogen and oxygen atoms in total. The third-order valence-corrected chi connectivity index (χ3v) is 2.54. The van der Waals surface area contributed by atoms with Gasteiger partial charge in [0.1, 0.15) is 5.71 Å². The van der Waals surface area contributed by atoms with Gasteiger partial charge in [-0.25, -0.2) is 0 Å². The lowest BCUT2D eigenvalue weighted by Gasteiger charge is -2.30. The maximum Gasteiger partial charge on any atom is 0.309 e. The highest BCUT2D eigenvalue weighted by atomic mass is 32.1. The molecule has 0 bridgehead atoms. The van der Waals surface area contributed by atoms with Crippen molar-refractivity contribution >= 4 is 28.8 Å². The first-order valence-electron chi connectivity index (χ1n) is 5.01. The van der Waals surface area contributed by atoms with Crippen LogP contribution >= 0.6 is 12.2 Å². The molecule has 0 spiro atoms. The molecule has 1 saturated carbocycles. The minimum absolute atomic E-state index is 0.0876. The predicted molar refractivity (Wildman–Crippen MR) is 66.2 cm³/mol. The van der Waals surface area contributed by atoms with Crippen LogP contribution in [0.2, 0.25) is 0 Å². The molecule has 0 amide bonds. The maximum absolute atomic E-state index is 11.7. The molecule has 17 heavy (non-hydrogen) atoms. The number of hydrogen-bond acceptors (Lipinski definition) is 5. The topological polar surface area (TPSA) is 111 Å². The van der Waals surface area contributed by atoms with E-state index in [2.05, 4.69) is 22.7 Å². The SMILES string of the molecule is CC1(C)CC(=O)C([N+](=O)[O-])C(=NNC(N)=S)C1. The zero-order valence-electron chi connectivity index (χ0n) is 9.60. The summed E-state index contributed by atoms with van der Waals surface area (Å²) >= 11 is 4.56. The standard InChI is InChI=1S/C9H14N4O3S/c1-9(2)3-5(11-12-8(10)17)7(13(15)16)6(14)4-9/h7H,3-4H2,1-2H3,(H3,10,12,17). The lowest BCUT2D eigenvalue weighted by atomic mass is 9.74. The first-order valence-corrected chi connectivity index (χ1v) is 5.42. The molecule has 0 aromatic heterocycles. The Hall–Kier alpha value is -1.57. The third kappa shape index (κ3) is 3.45. The van der Waals surface area contributed by atoms with Crippen LogP contribution in [0.4, 0.5) is 0 Å². The third-order valence-electron chi connectivity index (χ3n) is 2.45. The maximum atomic E-state index is 11.7. The summed E-state index contributed by atoms with van der Waals surface area (Å²) < 4.78 is 0.